The van der Waals surface area contributed by atoms with E-state index in [1.165, 1.54) is 0 Å². The number of hydrogen-bond acceptors (Lipinski definition) is 5. The lowest BCUT2D eigenvalue weighted by atomic mass is 10.0. The van der Waals surface area contributed by atoms with Crippen molar-refractivity contribution in [1.82, 2.24) is 34.3 Å². The molecule has 1 atom stereocenters. The van der Waals surface area contributed by atoms with E-state index in [1.54, 1.807) is 4.68 Å². The minimum Gasteiger partial charge on any atom is -0.328 e. The number of aryl methyl sites for hydroxylation is 2. The number of carbonyl (C=O) groups is 1. The minimum atomic E-state index is -0.0995. The summed E-state index contributed by atoms with van der Waals surface area (Å²) < 4.78 is 3.74. The van der Waals surface area contributed by atoms with Gasteiger partial charge in [-0.1, -0.05) is 19.9 Å². The summed E-state index contributed by atoms with van der Waals surface area (Å²) in [4.78, 5) is 20.6. The van der Waals surface area contributed by atoms with Crippen LogP contribution >= 0.6 is 0 Å². The molecule has 1 aliphatic rings. The van der Waals surface area contributed by atoms with Gasteiger partial charge in [-0.3, -0.25) is 13.9 Å². The van der Waals surface area contributed by atoms with Gasteiger partial charge in [0.15, 0.2) is 17.1 Å². The zero-order valence-electron chi connectivity index (χ0n) is 17.7. The van der Waals surface area contributed by atoms with Gasteiger partial charge in [0.25, 0.3) is 5.91 Å². The second-order valence-electron chi connectivity index (χ2n) is 8.30. The fourth-order valence-electron chi connectivity index (χ4n) is 4.45. The van der Waals surface area contributed by atoms with Crippen LogP contribution in [-0.2, 0) is 7.05 Å². The van der Waals surface area contributed by atoms with Gasteiger partial charge < -0.3 is 4.90 Å². The second kappa shape index (κ2) is 6.90. The molecule has 1 aliphatic heterocycles. The second-order valence-corrected chi connectivity index (χ2v) is 8.30. The van der Waals surface area contributed by atoms with E-state index in [2.05, 4.69) is 29.1 Å². The van der Waals surface area contributed by atoms with Gasteiger partial charge in [0, 0.05) is 25.5 Å². The maximum Gasteiger partial charge on any atom is 0.255 e. The lowest BCUT2D eigenvalue weighted by molar-refractivity contribution is 0.0731. The van der Waals surface area contributed by atoms with E-state index in [4.69, 9.17) is 4.98 Å². The number of nitrogens with zero attached hydrogens (tertiary/aromatic N) is 7. The van der Waals surface area contributed by atoms with Crippen molar-refractivity contribution in [3.8, 4) is 0 Å². The van der Waals surface area contributed by atoms with Crippen molar-refractivity contribution in [3.63, 3.8) is 0 Å². The van der Waals surface area contributed by atoms with Crippen LogP contribution < -0.4 is 0 Å². The van der Waals surface area contributed by atoms with Gasteiger partial charge in [0.05, 0.1) is 22.7 Å². The van der Waals surface area contributed by atoms with E-state index in [0.29, 0.717) is 12.1 Å². The molecule has 0 aliphatic carbocycles. The molecule has 30 heavy (non-hydrogen) atoms. The molecular weight excluding hydrogens is 378 g/mol. The summed E-state index contributed by atoms with van der Waals surface area (Å²) in [6.07, 6.45) is 3.77. The largest absolute Gasteiger partial charge is 0.328 e. The first-order chi connectivity index (χ1) is 14.5. The number of likely N-dealkylation sites (tertiary alicyclic amines) is 1. The van der Waals surface area contributed by atoms with Gasteiger partial charge in [-0.05, 0) is 43.9 Å². The van der Waals surface area contributed by atoms with Crippen LogP contribution in [0.4, 0.5) is 0 Å². The lowest BCUT2D eigenvalue weighted by Crippen LogP contribution is -2.32. The van der Waals surface area contributed by atoms with Crippen LogP contribution in [0, 0.1) is 6.92 Å². The molecule has 1 fully saturated rings. The Morgan fingerprint density at radius 3 is 2.87 bits per heavy atom. The van der Waals surface area contributed by atoms with Gasteiger partial charge in [-0.25, -0.2) is 4.98 Å². The Balaban J connectivity index is 1.62. The smallest absolute Gasteiger partial charge is 0.255 e. The molecule has 1 unspecified atom stereocenters. The van der Waals surface area contributed by atoms with E-state index < -0.39 is 0 Å². The Morgan fingerprint density at radius 2 is 2.07 bits per heavy atom. The summed E-state index contributed by atoms with van der Waals surface area (Å²) in [5, 5.41) is 14.1. The number of amides is 1. The van der Waals surface area contributed by atoms with Crippen LogP contribution in [0.25, 0.3) is 16.7 Å². The first kappa shape index (κ1) is 18.7. The van der Waals surface area contributed by atoms with Gasteiger partial charge in [-0.15, -0.1) is 10.2 Å². The molecule has 0 spiro atoms. The summed E-state index contributed by atoms with van der Waals surface area (Å²) in [5.74, 6) is 1.04. The molecule has 154 valence electrons. The number of fused-ring (bicyclic) bond motifs is 2. The molecule has 0 N–H and O–H groups in total. The van der Waals surface area contributed by atoms with E-state index in [9.17, 15) is 4.79 Å². The van der Waals surface area contributed by atoms with Crippen molar-refractivity contribution in [2.45, 2.75) is 45.6 Å². The maximum atomic E-state index is 13.8. The molecule has 1 amide bonds. The quantitative estimate of drug-likeness (QED) is 0.524. The van der Waals surface area contributed by atoms with Crippen molar-refractivity contribution in [1.29, 1.82) is 0 Å². The maximum absolute atomic E-state index is 13.8. The summed E-state index contributed by atoms with van der Waals surface area (Å²) in [6, 6.07) is 7.68. The van der Waals surface area contributed by atoms with Gasteiger partial charge in [-0.2, -0.15) is 5.10 Å². The molecule has 4 aromatic heterocycles. The Hall–Kier alpha value is -3.29. The average Bonchev–Trinajstić information content (AvgIpc) is 3.44. The summed E-state index contributed by atoms with van der Waals surface area (Å²) >= 11 is 0. The van der Waals surface area contributed by atoms with E-state index in [-0.39, 0.29) is 17.9 Å². The molecule has 0 saturated carbocycles. The zero-order chi connectivity index (χ0) is 21.0. The van der Waals surface area contributed by atoms with Crippen LogP contribution in [0.3, 0.4) is 0 Å². The van der Waals surface area contributed by atoms with Gasteiger partial charge in [0.2, 0.25) is 0 Å². The normalized spacial score (nSPS) is 17.0. The third-order valence-electron chi connectivity index (χ3n) is 5.96. The Morgan fingerprint density at radius 1 is 1.23 bits per heavy atom. The van der Waals surface area contributed by atoms with Crippen LogP contribution in [0.2, 0.25) is 0 Å². The van der Waals surface area contributed by atoms with Crippen LogP contribution in [0.5, 0.6) is 0 Å². The highest BCUT2D eigenvalue weighted by atomic mass is 16.2. The lowest BCUT2D eigenvalue weighted by Gasteiger charge is -2.24. The van der Waals surface area contributed by atoms with Crippen molar-refractivity contribution < 1.29 is 4.79 Å². The molecule has 0 bridgehead atoms. The van der Waals surface area contributed by atoms with Crippen molar-refractivity contribution >= 4 is 22.6 Å². The highest BCUT2D eigenvalue weighted by Crippen LogP contribution is 2.34. The highest BCUT2D eigenvalue weighted by Gasteiger charge is 2.35. The number of hydrogen-bond donors (Lipinski definition) is 0. The van der Waals surface area contributed by atoms with Gasteiger partial charge in [0.1, 0.15) is 0 Å². The van der Waals surface area contributed by atoms with Crippen LogP contribution in [0.1, 0.15) is 66.2 Å². The highest BCUT2D eigenvalue weighted by molar-refractivity contribution is 6.06. The standard InChI is InChI=1S/C22H25N7O/c1-13(2)16-12-15(19-14(3)26-27(4)21(19)23-16)22(30)28-11-7-8-17(28)20-25-24-18-9-5-6-10-29(18)20/h5-6,9-10,12-13,17H,7-8,11H2,1-4H3. The molecule has 0 radical (unpaired) electrons. The average molecular weight is 403 g/mol. The van der Waals surface area contributed by atoms with Crippen molar-refractivity contribution in [2.24, 2.45) is 7.05 Å². The monoisotopic (exact) mass is 403 g/mol. The topological polar surface area (TPSA) is 81.2 Å². The van der Waals surface area contributed by atoms with Crippen LogP contribution in [0.15, 0.2) is 30.5 Å². The predicted octanol–water partition coefficient (Wildman–Crippen LogP) is 3.42. The number of aromatic nitrogens is 6. The summed E-state index contributed by atoms with van der Waals surface area (Å²) in [7, 11) is 1.88. The van der Waals surface area contributed by atoms with E-state index in [0.717, 1.165) is 46.7 Å². The first-order valence-corrected chi connectivity index (χ1v) is 10.4. The van der Waals surface area contributed by atoms with Crippen LogP contribution in [-0.4, -0.2) is 46.7 Å². The van der Waals surface area contributed by atoms with E-state index in [1.807, 2.05) is 53.7 Å². The zero-order valence-corrected chi connectivity index (χ0v) is 17.7. The molecule has 4 aromatic rings. The Bertz CT molecular complexity index is 1270. The molecule has 5 rings (SSSR count). The fraction of sp³-hybridized carbons (Fsp3) is 0.409. The third-order valence-corrected chi connectivity index (χ3v) is 5.96. The SMILES string of the molecule is Cc1nn(C)c2nc(C(C)C)cc(C(=O)N3CCCC3c3nnc4ccccn34)c12. The first-order valence-electron chi connectivity index (χ1n) is 10.4. The predicted molar refractivity (Wildman–Crippen MR) is 113 cm³/mol. The van der Waals surface area contributed by atoms with Gasteiger partial charge >= 0.3 is 0 Å². The molecule has 0 aromatic carbocycles. The molecular formula is C22H25N7O. The molecule has 8 heteroatoms. The summed E-state index contributed by atoms with van der Waals surface area (Å²) in [5.41, 5.74) is 3.95. The molecule has 1 saturated heterocycles. The van der Waals surface area contributed by atoms with Crippen molar-refractivity contribution in [2.75, 3.05) is 6.54 Å². The summed E-state index contributed by atoms with van der Waals surface area (Å²) in [6.45, 7) is 6.81. The fourth-order valence-corrected chi connectivity index (χ4v) is 4.45. The third kappa shape index (κ3) is 2.78. The number of pyridine rings is 2. The Kier molecular flexibility index (Phi) is 4.30. The van der Waals surface area contributed by atoms with Crippen molar-refractivity contribution in [3.05, 3.63) is 53.2 Å². The Labute approximate surface area is 174 Å². The number of rotatable bonds is 3. The molecule has 5 heterocycles. The minimum absolute atomic E-state index is 0.00980. The molecule has 8 nitrogen and oxygen atoms in total. The number of carbonyl (C=O) groups excluding carboxylic acids is 1. The van der Waals surface area contributed by atoms with E-state index >= 15 is 0 Å².